The van der Waals surface area contributed by atoms with Crippen LogP contribution in [0.1, 0.15) is 71.6 Å². The summed E-state index contributed by atoms with van der Waals surface area (Å²) >= 11 is 0. The van der Waals surface area contributed by atoms with E-state index in [0.717, 1.165) is 55.2 Å². The predicted molar refractivity (Wildman–Crippen MR) is 126 cm³/mol. The average Bonchev–Trinajstić information content (AvgIpc) is 3.33. The molecule has 8 atom stereocenters. The van der Waals surface area contributed by atoms with Gasteiger partial charge in [-0.3, -0.25) is 9.48 Å². The molecular weight excluding hydrogens is 415 g/mol. The number of ketones is 1. The lowest BCUT2D eigenvalue weighted by Crippen LogP contribution is -2.51. The summed E-state index contributed by atoms with van der Waals surface area (Å²) < 4.78 is 15.5. The Morgan fingerprint density at radius 1 is 1.09 bits per heavy atom. The fourth-order valence-electron chi connectivity index (χ4n) is 9.04. The van der Waals surface area contributed by atoms with E-state index in [1.54, 1.807) is 16.9 Å². The van der Waals surface area contributed by atoms with E-state index in [4.69, 9.17) is 0 Å². The van der Waals surface area contributed by atoms with Crippen molar-refractivity contribution in [3.05, 3.63) is 30.2 Å². The molecule has 4 fully saturated rings. The second-order valence-corrected chi connectivity index (χ2v) is 12.3. The van der Waals surface area contributed by atoms with Crippen LogP contribution in [0.2, 0.25) is 0 Å². The summed E-state index contributed by atoms with van der Waals surface area (Å²) in [6.45, 7) is 4.66. The van der Waals surface area contributed by atoms with E-state index in [2.05, 4.69) is 12.0 Å². The number of aromatic nitrogens is 2. The van der Waals surface area contributed by atoms with Gasteiger partial charge in [0.25, 0.3) is 0 Å². The van der Waals surface area contributed by atoms with Gasteiger partial charge in [-0.1, -0.05) is 6.92 Å². The molecule has 4 aliphatic carbocycles. The first-order valence-electron chi connectivity index (χ1n) is 13.1. The molecule has 0 unspecified atom stereocenters. The van der Waals surface area contributed by atoms with Crippen LogP contribution in [0.25, 0.3) is 10.9 Å². The third-order valence-electron chi connectivity index (χ3n) is 10.5. The lowest BCUT2D eigenvalue weighted by molar-refractivity contribution is -0.133. The number of hydrogen-bond acceptors (Lipinski definition) is 3. The van der Waals surface area contributed by atoms with E-state index in [9.17, 15) is 14.3 Å². The molecule has 33 heavy (non-hydrogen) atoms. The molecular formula is C28H37FN2O2. The Morgan fingerprint density at radius 2 is 1.91 bits per heavy atom. The van der Waals surface area contributed by atoms with Gasteiger partial charge < -0.3 is 5.11 Å². The van der Waals surface area contributed by atoms with Gasteiger partial charge in [-0.25, -0.2) is 4.39 Å². The summed E-state index contributed by atoms with van der Waals surface area (Å²) in [4.78, 5) is 13.6. The Labute approximate surface area is 195 Å². The highest BCUT2D eigenvalue weighted by Crippen LogP contribution is 2.64. The number of halogens is 1. The van der Waals surface area contributed by atoms with Gasteiger partial charge in [-0.2, -0.15) is 5.10 Å². The Balaban J connectivity index is 1.20. The highest BCUT2D eigenvalue weighted by atomic mass is 19.1. The van der Waals surface area contributed by atoms with Crippen molar-refractivity contribution < 1.29 is 14.3 Å². The molecule has 4 saturated carbocycles. The van der Waals surface area contributed by atoms with Gasteiger partial charge in [0.15, 0.2) is 5.78 Å². The van der Waals surface area contributed by atoms with Gasteiger partial charge >= 0.3 is 0 Å². The van der Waals surface area contributed by atoms with Crippen LogP contribution in [-0.4, -0.2) is 26.3 Å². The molecule has 4 aliphatic rings. The summed E-state index contributed by atoms with van der Waals surface area (Å²) in [5, 5.41) is 15.9. The van der Waals surface area contributed by atoms with E-state index in [1.807, 2.05) is 6.92 Å². The second kappa shape index (κ2) is 7.63. The highest BCUT2D eigenvalue weighted by molar-refractivity contribution is 5.85. The normalized spacial score (nSPS) is 42.5. The van der Waals surface area contributed by atoms with Crippen molar-refractivity contribution in [2.45, 2.75) is 83.8 Å². The van der Waals surface area contributed by atoms with Gasteiger partial charge in [0.05, 0.1) is 17.3 Å². The number of benzene rings is 1. The zero-order valence-electron chi connectivity index (χ0n) is 20.0. The molecule has 6 rings (SSSR count). The van der Waals surface area contributed by atoms with Crippen LogP contribution in [0.3, 0.4) is 0 Å². The number of aliphatic hydroxyl groups is 1. The third kappa shape index (κ3) is 3.48. The van der Waals surface area contributed by atoms with Crippen molar-refractivity contribution in [1.82, 2.24) is 9.78 Å². The summed E-state index contributed by atoms with van der Waals surface area (Å²) in [5.41, 5.74) is 0.319. The summed E-state index contributed by atoms with van der Waals surface area (Å²) in [5.74, 6) is 3.69. The van der Waals surface area contributed by atoms with Crippen LogP contribution in [0.5, 0.6) is 0 Å². The highest BCUT2D eigenvalue weighted by Gasteiger charge is 2.58. The Morgan fingerprint density at radius 3 is 2.76 bits per heavy atom. The molecule has 5 heteroatoms. The SMILES string of the molecule is C[C@@]1(O)CC[C@H]2[C@H](CC[C@@H]3[C@@H]2CC[C@]2(C)[C@@H](C(=O)Cn4ncc5ccc(F)cc54)CC[C@@H]32)C1. The largest absolute Gasteiger partial charge is 0.390 e. The average molecular weight is 453 g/mol. The van der Waals surface area contributed by atoms with Crippen LogP contribution in [0, 0.1) is 46.7 Å². The van der Waals surface area contributed by atoms with Gasteiger partial charge in [0.1, 0.15) is 12.4 Å². The van der Waals surface area contributed by atoms with Gasteiger partial charge in [0, 0.05) is 11.3 Å². The minimum atomic E-state index is -0.471. The van der Waals surface area contributed by atoms with Gasteiger partial charge in [0.2, 0.25) is 0 Å². The molecule has 0 spiro atoms. The minimum absolute atomic E-state index is 0.0828. The molecule has 1 aromatic heterocycles. The Bertz CT molecular complexity index is 1080. The Hall–Kier alpha value is -1.75. The number of rotatable bonds is 3. The first-order valence-corrected chi connectivity index (χ1v) is 13.1. The van der Waals surface area contributed by atoms with Crippen molar-refractivity contribution >= 4 is 16.7 Å². The smallest absolute Gasteiger partial charge is 0.157 e. The zero-order chi connectivity index (χ0) is 23.0. The van der Waals surface area contributed by atoms with Crippen LogP contribution < -0.4 is 0 Å². The molecule has 4 nitrogen and oxygen atoms in total. The van der Waals surface area contributed by atoms with E-state index in [0.29, 0.717) is 17.4 Å². The van der Waals surface area contributed by atoms with Crippen molar-refractivity contribution in [3.8, 4) is 0 Å². The minimum Gasteiger partial charge on any atom is -0.390 e. The molecule has 178 valence electrons. The maximum absolute atomic E-state index is 13.8. The van der Waals surface area contributed by atoms with Crippen molar-refractivity contribution in [2.24, 2.45) is 40.9 Å². The number of nitrogens with zero attached hydrogens (tertiary/aromatic N) is 2. The van der Waals surface area contributed by atoms with Crippen molar-refractivity contribution in [2.75, 3.05) is 0 Å². The lowest BCUT2D eigenvalue weighted by Gasteiger charge is -2.56. The monoisotopic (exact) mass is 452 g/mol. The predicted octanol–water partition coefficient (Wildman–Crippen LogP) is 5.76. The fourth-order valence-corrected chi connectivity index (χ4v) is 9.04. The fraction of sp³-hybridized carbons (Fsp3) is 0.714. The lowest BCUT2D eigenvalue weighted by atomic mass is 9.49. The van der Waals surface area contributed by atoms with Crippen LogP contribution in [-0.2, 0) is 11.3 Å². The first-order chi connectivity index (χ1) is 15.7. The van der Waals surface area contributed by atoms with Crippen LogP contribution in [0.4, 0.5) is 4.39 Å². The first kappa shape index (κ1) is 21.8. The van der Waals surface area contributed by atoms with Gasteiger partial charge in [-0.15, -0.1) is 0 Å². The molecule has 1 aromatic carbocycles. The van der Waals surface area contributed by atoms with E-state index >= 15 is 0 Å². The summed E-state index contributed by atoms with van der Waals surface area (Å²) in [7, 11) is 0. The van der Waals surface area contributed by atoms with E-state index in [-0.39, 0.29) is 29.5 Å². The summed E-state index contributed by atoms with van der Waals surface area (Å²) in [6, 6.07) is 4.66. The quantitative estimate of drug-likeness (QED) is 0.644. The van der Waals surface area contributed by atoms with E-state index in [1.165, 1.54) is 37.8 Å². The number of carbonyl (C=O) groups is 1. The number of Topliss-reactive ketones (excluding diaryl/α,β-unsaturated/α-hetero) is 1. The number of fused-ring (bicyclic) bond motifs is 6. The molecule has 0 amide bonds. The van der Waals surface area contributed by atoms with Crippen LogP contribution in [0.15, 0.2) is 24.4 Å². The van der Waals surface area contributed by atoms with Gasteiger partial charge in [-0.05, 0) is 118 Å². The van der Waals surface area contributed by atoms with Crippen LogP contribution >= 0.6 is 0 Å². The Kier molecular flexibility index (Phi) is 5.03. The molecule has 0 bridgehead atoms. The maximum Gasteiger partial charge on any atom is 0.157 e. The van der Waals surface area contributed by atoms with Crippen molar-refractivity contribution in [3.63, 3.8) is 0 Å². The second-order valence-electron chi connectivity index (χ2n) is 12.3. The third-order valence-corrected chi connectivity index (χ3v) is 10.5. The molecule has 1 N–H and O–H groups in total. The zero-order valence-corrected chi connectivity index (χ0v) is 20.0. The number of carbonyl (C=O) groups excluding carboxylic acids is 1. The topological polar surface area (TPSA) is 55.1 Å². The maximum atomic E-state index is 13.8. The van der Waals surface area contributed by atoms with E-state index < -0.39 is 5.60 Å². The number of hydrogen-bond donors (Lipinski definition) is 1. The molecule has 2 aromatic rings. The molecule has 1 heterocycles. The van der Waals surface area contributed by atoms with Crippen molar-refractivity contribution in [1.29, 1.82) is 0 Å². The molecule has 0 saturated heterocycles. The molecule has 0 radical (unpaired) electrons. The standard InChI is InChI=1S/C28H37FN2O2/c1-27(33)11-9-20-17(14-27)4-6-22-21(20)10-12-28(2)23(22)7-8-24(28)26(32)16-31-25-13-19(29)5-3-18(25)15-30-31/h3,5,13,15,17,20-24,33H,4,6-12,14,16H2,1-2H3/t17-,20+,21-,22-,23+,24-,27-,28+/m1/s1. The molecule has 0 aliphatic heterocycles. The summed E-state index contributed by atoms with van der Waals surface area (Å²) in [6.07, 6.45) is 11.9.